The van der Waals surface area contributed by atoms with Crippen molar-refractivity contribution in [3.05, 3.63) is 150 Å². The van der Waals surface area contributed by atoms with Gasteiger partial charge < -0.3 is 5.11 Å². The summed E-state index contributed by atoms with van der Waals surface area (Å²) in [7, 11) is -1.26. The van der Waals surface area contributed by atoms with Crippen LogP contribution in [0.25, 0.3) is 0 Å². The molecule has 0 atom stereocenters. The average molecular weight is 505 g/mol. The molecule has 0 aliphatic heterocycles. The molecule has 5 rings (SSSR count). The monoisotopic (exact) mass is 504 g/mol. The van der Waals surface area contributed by atoms with Gasteiger partial charge in [-0.15, -0.1) is 0 Å². The molecule has 3 heteroatoms. The van der Waals surface area contributed by atoms with E-state index in [1.54, 1.807) is 0 Å². The van der Waals surface area contributed by atoms with Gasteiger partial charge >= 0.3 is 0 Å². The lowest BCUT2D eigenvalue weighted by molar-refractivity contribution is 0.465. The van der Waals surface area contributed by atoms with Crippen LogP contribution >= 0.6 is 15.8 Å². The second-order valence-corrected chi connectivity index (χ2v) is 13.4. The smallest absolute Gasteiger partial charge is 0.122 e. The van der Waals surface area contributed by atoms with Crippen molar-refractivity contribution in [2.45, 2.75) is 19.2 Å². The second-order valence-electron chi connectivity index (χ2n) is 8.95. The number of phenols is 1. The fourth-order valence-electron chi connectivity index (χ4n) is 4.61. The molecule has 0 unspecified atom stereocenters. The van der Waals surface area contributed by atoms with Gasteiger partial charge in [0.2, 0.25) is 0 Å². The summed E-state index contributed by atoms with van der Waals surface area (Å²) in [5.41, 5.74) is 3.28. The summed E-state index contributed by atoms with van der Waals surface area (Å²) in [6.07, 6.45) is 1.64. The summed E-state index contributed by atoms with van der Waals surface area (Å²) >= 11 is 0. The summed E-state index contributed by atoms with van der Waals surface area (Å²) in [5, 5.41) is 16.9. The van der Waals surface area contributed by atoms with Gasteiger partial charge in [-0.1, -0.05) is 139 Å². The van der Waals surface area contributed by atoms with Crippen molar-refractivity contribution in [1.29, 1.82) is 0 Å². The van der Waals surface area contributed by atoms with E-state index in [0.717, 1.165) is 23.5 Å². The minimum Gasteiger partial charge on any atom is -0.507 e. The van der Waals surface area contributed by atoms with Crippen LogP contribution in [-0.4, -0.2) is 5.11 Å². The Morgan fingerprint density at radius 3 is 1.03 bits per heavy atom. The van der Waals surface area contributed by atoms with Crippen LogP contribution in [0.4, 0.5) is 0 Å². The van der Waals surface area contributed by atoms with Crippen LogP contribution in [0.15, 0.2) is 133 Å². The number of aryl methyl sites for hydroxylation is 1. The Balaban J connectivity index is 1.53. The Morgan fingerprint density at radius 2 is 0.750 bits per heavy atom. The van der Waals surface area contributed by atoms with Crippen LogP contribution in [0.1, 0.15) is 16.7 Å². The zero-order chi connectivity index (χ0) is 24.7. The van der Waals surface area contributed by atoms with Crippen LogP contribution in [0.3, 0.4) is 0 Å². The highest BCUT2D eigenvalue weighted by molar-refractivity contribution is 7.72. The Labute approximate surface area is 217 Å². The van der Waals surface area contributed by atoms with Crippen LogP contribution < -0.4 is 21.2 Å². The molecule has 0 saturated heterocycles. The molecule has 5 aromatic rings. The fraction of sp³-hybridized carbons (Fsp3) is 0.0909. The molecule has 0 heterocycles. The maximum absolute atomic E-state index is 11.6. The highest BCUT2D eigenvalue weighted by atomic mass is 31.1. The highest BCUT2D eigenvalue weighted by Gasteiger charge is 2.21. The number of benzene rings is 5. The lowest BCUT2D eigenvalue weighted by atomic mass is 10.1. The minimum atomic E-state index is -0.631. The maximum atomic E-state index is 11.6. The van der Waals surface area contributed by atoms with Crippen molar-refractivity contribution in [1.82, 2.24) is 0 Å². The molecule has 1 N–H and O–H groups in total. The van der Waals surface area contributed by atoms with Crippen LogP contribution in [0.2, 0.25) is 0 Å². The van der Waals surface area contributed by atoms with Gasteiger partial charge in [0, 0.05) is 12.3 Å². The second kappa shape index (κ2) is 11.7. The van der Waals surface area contributed by atoms with Crippen molar-refractivity contribution < 1.29 is 5.11 Å². The van der Waals surface area contributed by atoms with Gasteiger partial charge in [-0.25, -0.2) is 0 Å². The zero-order valence-corrected chi connectivity index (χ0v) is 22.2. The molecule has 0 aromatic heterocycles. The van der Waals surface area contributed by atoms with E-state index < -0.39 is 15.8 Å². The molecule has 0 spiro atoms. The van der Waals surface area contributed by atoms with Gasteiger partial charge in [0.15, 0.2) is 0 Å². The van der Waals surface area contributed by atoms with Crippen LogP contribution in [0.5, 0.6) is 5.75 Å². The van der Waals surface area contributed by atoms with Gasteiger partial charge in [-0.2, -0.15) is 0 Å². The van der Waals surface area contributed by atoms with E-state index in [2.05, 4.69) is 140 Å². The van der Waals surface area contributed by atoms with E-state index in [-0.39, 0.29) is 0 Å². The standard InChI is InChI=1S/C33H30OP2/c1-26-22-27(24-35(29-14-6-2-7-15-29)30-16-8-3-9-17-30)33(34)28(23-26)25-36(31-18-10-4-11-19-31)32-20-12-5-13-21-32/h2-23,34H,24-25H2,1H3. The highest BCUT2D eigenvalue weighted by Crippen LogP contribution is 2.45. The Hall–Kier alpha value is -3.24. The molecule has 178 valence electrons. The first-order chi connectivity index (χ1) is 17.7. The van der Waals surface area contributed by atoms with Gasteiger partial charge in [-0.3, -0.25) is 0 Å². The van der Waals surface area contributed by atoms with Crippen molar-refractivity contribution in [2.75, 3.05) is 0 Å². The van der Waals surface area contributed by atoms with Crippen molar-refractivity contribution in [2.24, 2.45) is 0 Å². The third-order valence-corrected chi connectivity index (χ3v) is 11.3. The molecular weight excluding hydrogens is 474 g/mol. The molecule has 0 bridgehead atoms. The van der Waals surface area contributed by atoms with E-state index in [0.29, 0.717) is 5.75 Å². The quantitative estimate of drug-likeness (QED) is 0.226. The van der Waals surface area contributed by atoms with Crippen LogP contribution in [-0.2, 0) is 12.3 Å². The summed E-state index contributed by atoms with van der Waals surface area (Å²) in [4.78, 5) is 0. The van der Waals surface area contributed by atoms with E-state index in [1.165, 1.54) is 26.8 Å². The van der Waals surface area contributed by atoms with E-state index in [4.69, 9.17) is 0 Å². The SMILES string of the molecule is Cc1cc(CP(c2ccccc2)c2ccccc2)c(O)c(CP(c2ccccc2)c2ccccc2)c1. The molecule has 1 nitrogen and oxygen atoms in total. The Kier molecular flexibility index (Phi) is 7.92. The lowest BCUT2D eigenvalue weighted by Gasteiger charge is -2.23. The number of phenolic OH excluding ortho intramolecular Hbond substituents is 1. The number of hydrogen-bond acceptors (Lipinski definition) is 1. The minimum absolute atomic E-state index is 0.458. The summed E-state index contributed by atoms with van der Waals surface area (Å²) in [6, 6.07) is 47.3. The lowest BCUT2D eigenvalue weighted by Crippen LogP contribution is -2.14. The van der Waals surface area contributed by atoms with Gasteiger partial charge in [-0.05, 0) is 55.1 Å². The number of rotatable bonds is 8. The molecule has 5 aromatic carbocycles. The molecule has 0 fully saturated rings. The molecule has 0 saturated carbocycles. The summed E-state index contributed by atoms with van der Waals surface area (Å²) < 4.78 is 0. The Morgan fingerprint density at radius 1 is 0.472 bits per heavy atom. The predicted molar refractivity (Wildman–Crippen MR) is 158 cm³/mol. The molecule has 0 radical (unpaired) electrons. The first kappa shape index (κ1) is 24.5. The van der Waals surface area contributed by atoms with Crippen LogP contribution in [0, 0.1) is 6.92 Å². The molecule has 0 aliphatic carbocycles. The Bertz CT molecular complexity index is 1200. The maximum Gasteiger partial charge on any atom is 0.122 e. The number of hydrogen-bond donors (Lipinski definition) is 1. The zero-order valence-electron chi connectivity index (χ0n) is 20.5. The van der Waals surface area contributed by atoms with E-state index in [9.17, 15) is 5.11 Å². The normalized spacial score (nSPS) is 11.2. The van der Waals surface area contributed by atoms with E-state index >= 15 is 0 Å². The average Bonchev–Trinajstić information content (AvgIpc) is 2.94. The van der Waals surface area contributed by atoms with Crippen molar-refractivity contribution in [3.8, 4) is 5.75 Å². The topological polar surface area (TPSA) is 20.2 Å². The number of aromatic hydroxyl groups is 1. The molecule has 0 aliphatic rings. The van der Waals surface area contributed by atoms with Gasteiger partial charge in [0.05, 0.1) is 0 Å². The largest absolute Gasteiger partial charge is 0.507 e. The molecule has 0 amide bonds. The molecular formula is C33H30OP2. The molecule has 36 heavy (non-hydrogen) atoms. The van der Waals surface area contributed by atoms with Gasteiger partial charge in [0.1, 0.15) is 5.75 Å². The third kappa shape index (κ3) is 5.76. The fourth-order valence-corrected chi connectivity index (χ4v) is 9.23. The summed E-state index contributed by atoms with van der Waals surface area (Å²) in [6.45, 7) is 2.15. The van der Waals surface area contributed by atoms with Crippen molar-refractivity contribution in [3.63, 3.8) is 0 Å². The van der Waals surface area contributed by atoms with E-state index in [1.807, 2.05) is 0 Å². The summed E-state index contributed by atoms with van der Waals surface area (Å²) in [5.74, 6) is 0.458. The predicted octanol–water partition coefficient (Wildman–Crippen LogP) is 6.97. The first-order valence-corrected chi connectivity index (χ1v) is 15.3. The first-order valence-electron chi connectivity index (χ1n) is 12.3. The van der Waals surface area contributed by atoms with Crippen molar-refractivity contribution >= 4 is 37.1 Å². The van der Waals surface area contributed by atoms with Gasteiger partial charge in [0.25, 0.3) is 0 Å². The third-order valence-electron chi connectivity index (χ3n) is 6.34.